The van der Waals surface area contributed by atoms with Gasteiger partial charge in [0.2, 0.25) is 0 Å². The Morgan fingerprint density at radius 2 is 1.89 bits per heavy atom. The molecule has 1 aliphatic rings. The summed E-state index contributed by atoms with van der Waals surface area (Å²) in [6.07, 6.45) is 3.75. The van der Waals surface area contributed by atoms with Crippen LogP contribution in [-0.2, 0) is 0 Å². The standard InChI is InChI=1S/C16H20N2/c17-16(15-10-3-4-11-18-15)14-9-5-7-12-6-1-2-8-13(12)14/h1-2,5-9,15-16,18H,3-4,10-11,17H2. The molecule has 3 N–H and O–H groups in total. The molecule has 1 heterocycles. The van der Waals surface area contributed by atoms with Gasteiger partial charge in [-0.2, -0.15) is 0 Å². The SMILES string of the molecule is NC(c1cccc2ccccc12)C1CCCCN1. The number of nitrogens with two attached hydrogens (primary N) is 1. The van der Waals surface area contributed by atoms with Crippen LogP contribution in [0.15, 0.2) is 42.5 Å². The average Bonchev–Trinajstić information content (AvgIpc) is 2.47. The first-order valence-corrected chi connectivity index (χ1v) is 6.83. The van der Waals surface area contributed by atoms with E-state index in [0.29, 0.717) is 6.04 Å². The summed E-state index contributed by atoms with van der Waals surface area (Å²) >= 11 is 0. The quantitative estimate of drug-likeness (QED) is 0.847. The van der Waals surface area contributed by atoms with E-state index < -0.39 is 0 Å². The van der Waals surface area contributed by atoms with Crippen molar-refractivity contribution in [2.24, 2.45) is 5.73 Å². The fourth-order valence-electron chi connectivity index (χ4n) is 2.94. The summed E-state index contributed by atoms with van der Waals surface area (Å²) in [7, 11) is 0. The number of rotatable bonds is 2. The van der Waals surface area contributed by atoms with E-state index in [9.17, 15) is 0 Å². The number of piperidine rings is 1. The van der Waals surface area contributed by atoms with Gasteiger partial charge in [0.25, 0.3) is 0 Å². The highest BCUT2D eigenvalue weighted by Gasteiger charge is 2.22. The zero-order chi connectivity index (χ0) is 12.4. The molecule has 0 aliphatic carbocycles. The van der Waals surface area contributed by atoms with Gasteiger partial charge >= 0.3 is 0 Å². The van der Waals surface area contributed by atoms with Crippen LogP contribution in [0, 0.1) is 0 Å². The summed E-state index contributed by atoms with van der Waals surface area (Å²) in [5.41, 5.74) is 7.74. The van der Waals surface area contributed by atoms with Crippen LogP contribution < -0.4 is 11.1 Å². The highest BCUT2D eigenvalue weighted by atomic mass is 15.0. The lowest BCUT2D eigenvalue weighted by atomic mass is 9.90. The second kappa shape index (κ2) is 5.09. The van der Waals surface area contributed by atoms with Crippen molar-refractivity contribution in [3.8, 4) is 0 Å². The lowest BCUT2D eigenvalue weighted by Crippen LogP contribution is -2.42. The summed E-state index contributed by atoms with van der Waals surface area (Å²) in [5, 5.41) is 6.13. The van der Waals surface area contributed by atoms with Gasteiger partial charge in [0.05, 0.1) is 0 Å². The molecule has 0 aromatic heterocycles. The van der Waals surface area contributed by atoms with Gasteiger partial charge < -0.3 is 11.1 Å². The average molecular weight is 240 g/mol. The molecule has 1 fully saturated rings. The Bertz CT molecular complexity index is 524. The van der Waals surface area contributed by atoms with E-state index in [1.807, 2.05) is 0 Å². The fraction of sp³-hybridized carbons (Fsp3) is 0.375. The molecular formula is C16H20N2. The largest absolute Gasteiger partial charge is 0.323 e. The second-order valence-corrected chi connectivity index (χ2v) is 5.15. The number of nitrogens with one attached hydrogen (secondary N) is 1. The number of benzene rings is 2. The van der Waals surface area contributed by atoms with Crippen LogP contribution in [-0.4, -0.2) is 12.6 Å². The minimum atomic E-state index is 0.0939. The lowest BCUT2D eigenvalue weighted by Gasteiger charge is -2.29. The van der Waals surface area contributed by atoms with Gasteiger partial charge in [0.1, 0.15) is 0 Å². The van der Waals surface area contributed by atoms with E-state index in [-0.39, 0.29) is 6.04 Å². The number of fused-ring (bicyclic) bond motifs is 1. The first-order valence-electron chi connectivity index (χ1n) is 6.83. The molecule has 2 nitrogen and oxygen atoms in total. The Balaban J connectivity index is 1.97. The Morgan fingerprint density at radius 1 is 1.06 bits per heavy atom. The molecule has 0 bridgehead atoms. The molecule has 0 radical (unpaired) electrons. The van der Waals surface area contributed by atoms with E-state index in [0.717, 1.165) is 6.54 Å². The molecule has 1 aliphatic heterocycles. The third kappa shape index (κ3) is 2.14. The molecule has 2 aromatic carbocycles. The molecule has 2 aromatic rings. The van der Waals surface area contributed by atoms with Gasteiger partial charge in [-0.1, -0.05) is 48.9 Å². The summed E-state index contributed by atoms with van der Waals surface area (Å²) in [6, 6.07) is 15.4. The Kier molecular flexibility index (Phi) is 3.31. The van der Waals surface area contributed by atoms with Gasteiger partial charge in [-0.25, -0.2) is 0 Å². The van der Waals surface area contributed by atoms with Gasteiger partial charge in [-0.05, 0) is 35.7 Å². The van der Waals surface area contributed by atoms with Gasteiger partial charge in [-0.15, -0.1) is 0 Å². The first kappa shape index (κ1) is 11.7. The Morgan fingerprint density at radius 3 is 2.72 bits per heavy atom. The van der Waals surface area contributed by atoms with Crippen LogP contribution in [0.2, 0.25) is 0 Å². The predicted octanol–water partition coefficient (Wildman–Crippen LogP) is 2.98. The van der Waals surface area contributed by atoms with E-state index in [1.54, 1.807) is 0 Å². The minimum Gasteiger partial charge on any atom is -0.323 e. The number of hydrogen-bond donors (Lipinski definition) is 2. The highest BCUT2D eigenvalue weighted by molar-refractivity contribution is 5.86. The van der Waals surface area contributed by atoms with Crippen molar-refractivity contribution in [1.82, 2.24) is 5.32 Å². The third-order valence-electron chi connectivity index (χ3n) is 3.96. The molecule has 2 unspecified atom stereocenters. The van der Waals surface area contributed by atoms with Gasteiger partial charge in [0, 0.05) is 12.1 Å². The summed E-state index contributed by atoms with van der Waals surface area (Å²) in [5.74, 6) is 0. The minimum absolute atomic E-state index is 0.0939. The van der Waals surface area contributed by atoms with E-state index in [2.05, 4.69) is 47.8 Å². The van der Waals surface area contributed by atoms with Crippen molar-refractivity contribution in [3.05, 3.63) is 48.0 Å². The van der Waals surface area contributed by atoms with Crippen LogP contribution in [0.5, 0.6) is 0 Å². The molecule has 2 heteroatoms. The van der Waals surface area contributed by atoms with E-state index in [4.69, 9.17) is 5.73 Å². The molecule has 0 amide bonds. The van der Waals surface area contributed by atoms with E-state index in [1.165, 1.54) is 35.6 Å². The molecule has 3 rings (SSSR count). The highest BCUT2D eigenvalue weighted by Crippen LogP contribution is 2.27. The Hall–Kier alpha value is -1.38. The number of hydrogen-bond acceptors (Lipinski definition) is 2. The normalized spacial score (nSPS) is 21.9. The lowest BCUT2D eigenvalue weighted by molar-refractivity contribution is 0.355. The van der Waals surface area contributed by atoms with Crippen molar-refractivity contribution < 1.29 is 0 Å². The Labute approximate surface area is 108 Å². The van der Waals surface area contributed by atoms with Crippen molar-refractivity contribution in [3.63, 3.8) is 0 Å². The van der Waals surface area contributed by atoms with Crippen molar-refractivity contribution in [2.75, 3.05) is 6.54 Å². The maximum absolute atomic E-state index is 6.47. The van der Waals surface area contributed by atoms with Crippen LogP contribution in [0.1, 0.15) is 30.9 Å². The third-order valence-corrected chi connectivity index (χ3v) is 3.96. The monoisotopic (exact) mass is 240 g/mol. The smallest absolute Gasteiger partial charge is 0.0457 e. The van der Waals surface area contributed by atoms with Crippen LogP contribution in [0.3, 0.4) is 0 Å². The molecular weight excluding hydrogens is 220 g/mol. The van der Waals surface area contributed by atoms with E-state index >= 15 is 0 Å². The van der Waals surface area contributed by atoms with Crippen LogP contribution in [0.4, 0.5) is 0 Å². The van der Waals surface area contributed by atoms with Gasteiger partial charge in [-0.3, -0.25) is 0 Å². The first-order chi connectivity index (χ1) is 8.86. The molecule has 1 saturated heterocycles. The van der Waals surface area contributed by atoms with Crippen molar-refractivity contribution >= 4 is 10.8 Å². The molecule has 0 spiro atoms. The zero-order valence-corrected chi connectivity index (χ0v) is 10.6. The fourth-order valence-corrected chi connectivity index (χ4v) is 2.94. The maximum Gasteiger partial charge on any atom is 0.0457 e. The van der Waals surface area contributed by atoms with Crippen LogP contribution in [0.25, 0.3) is 10.8 Å². The summed E-state index contributed by atoms with van der Waals surface area (Å²) in [6.45, 7) is 1.10. The topological polar surface area (TPSA) is 38.0 Å². The molecule has 18 heavy (non-hydrogen) atoms. The molecule has 94 valence electrons. The second-order valence-electron chi connectivity index (χ2n) is 5.15. The predicted molar refractivity (Wildman–Crippen MR) is 76.5 cm³/mol. The summed E-state index contributed by atoms with van der Waals surface area (Å²) < 4.78 is 0. The van der Waals surface area contributed by atoms with Gasteiger partial charge in [0.15, 0.2) is 0 Å². The zero-order valence-electron chi connectivity index (χ0n) is 10.6. The molecule has 0 saturated carbocycles. The van der Waals surface area contributed by atoms with Crippen LogP contribution >= 0.6 is 0 Å². The van der Waals surface area contributed by atoms with Crippen molar-refractivity contribution in [2.45, 2.75) is 31.3 Å². The molecule has 2 atom stereocenters. The maximum atomic E-state index is 6.47. The van der Waals surface area contributed by atoms with Crippen molar-refractivity contribution in [1.29, 1.82) is 0 Å². The summed E-state index contributed by atoms with van der Waals surface area (Å²) in [4.78, 5) is 0.